The van der Waals surface area contributed by atoms with Gasteiger partial charge < -0.3 is 24.3 Å². The van der Waals surface area contributed by atoms with Crippen molar-refractivity contribution in [2.45, 2.75) is 9.79 Å². The lowest BCUT2D eigenvalue weighted by atomic mass is 10.2. The van der Waals surface area contributed by atoms with E-state index in [4.69, 9.17) is 9.47 Å². The first-order chi connectivity index (χ1) is 13.9. The number of rotatable bonds is 5. The van der Waals surface area contributed by atoms with E-state index in [-0.39, 0.29) is 9.79 Å². The molecule has 0 spiro atoms. The first-order valence-electron chi connectivity index (χ1n) is 9.46. The van der Waals surface area contributed by atoms with Crippen LogP contribution in [0.15, 0.2) is 52.4 Å². The lowest BCUT2D eigenvalue weighted by molar-refractivity contribution is 0.311. The number of anilines is 1. The number of hydrogen-bond donors (Lipinski definition) is 1. The minimum atomic E-state index is -3.72. The number of fused-ring (bicyclic) bond motifs is 1. The quantitative estimate of drug-likeness (QED) is 0.691. The summed E-state index contributed by atoms with van der Waals surface area (Å²) in [6.45, 7) is 3.48. The molecule has 0 unspecified atom stereocenters. The van der Waals surface area contributed by atoms with Gasteiger partial charge in [-0.25, -0.2) is 8.42 Å². The van der Waals surface area contributed by atoms with Gasteiger partial charge in [0.2, 0.25) is 9.84 Å². The monoisotopic (exact) mass is 415 g/mol. The summed E-state index contributed by atoms with van der Waals surface area (Å²) in [4.78, 5) is 7.96. The van der Waals surface area contributed by atoms with Gasteiger partial charge in [0.05, 0.1) is 29.7 Å². The van der Waals surface area contributed by atoms with Crippen LogP contribution >= 0.6 is 0 Å². The van der Waals surface area contributed by atoms with Gasteiger partial charge >= 0.3 is 0 Å². The van der Waals surface area contributed by atoms with Crippen molar-refractivity contribution >= 4 is 26.4 Å². The number of benzene rings is 2. The first kappa shape index (κ1) is 19.6. The average molecular weight is 416 g/mol. The molecule has 1 fully saturated rings. The van der Waals surface area contributed by atoms with Crippen LogP contribution in [0, 0.1) is 0 Å². The summed E-state index contributed by atoms with van der Waals surface area (Å²) >= 11 is 0. The molecule has 1 N–H and O–H groups in total. The standard InChI is InChI=1S/C21H25N3O4S/c1-23-8-10-24(11-9-23)19-13-16(5-7-20(19)28-3)29(25,26)21-14-22-18-6-4-15(27-2)12-17(18)21/h4-7,12-14,22H,8-11H2,1-3H3. The molecule has 8 heteroatoms. The Labute approximate surface area is 170 Å². The first-order valence-corrected chi connectivity index (χ1v) is 10.9. The Kier molecular flexibility index (Phi) is 5.14. The highest BCUT2D eigenvalue weighted by Gasteiger charge is 2.25. The molecular weight excluding hydrogens is 390 g/mol. The van der Waals surface area contributed by atoms with Crippen LogP contribution in [0.2, 0.25) is 0 Å². The fourth-order valence-electron chi connectivity index (χ4n) is 3.68. The molecule has 7 nitrogen and oxygen atoms in total. The fourth-order valence-corrected chi connectivity index (χ4v) is 5.12. The van der Waals surface area contributed by atoms with Crippen molar-refractivity contribution in [2.75, 3.05) is 52.3 Å². The van der Waals surface area contributed by atoms with Crippen LogP contribution in [0.25, 0.3) is 10.9 Å². The van der Waals surface area contributed by atoms with E-state index in [1.165, 1.54) is 0 Å². The van der Waals surface area contributed by atoms with Crippen LogP contribution < -0.4 is 14.4 Å². The topological polar surface area (TPSA) is 74.9 Å². The highest BCUT2D eigenvalue weighted by molar-refractivity contribution is 7.91. The molecule has 1 saturated heterocycles. The van der Waals surface area contributed by atoms with Crippen LogP contribution in [0.4, 0.5) is 5.69 Å². The summed E-state index contributed by atoms with van der Waals surface area (Å²) in [6, 6.07) is 10.4. The van der Waals surface area contributed by atoms with Crippen molar-refractivity contribution in [2.24, 2.45) is 0 Å². The number of likely N-dealkylation sites (N-methyl/N-ethyl adjacent to an activating group) is 1. The highest BCUT2D eigenvalue weighted by atomic mass is 32.2. The van der Waals surface area contributed by atoms with E-state index in [9.17, 15) is 8.42 Å². The molecule has 4 rings (SSSR count). The van der Waals surface area contributed by atoms with Crippen LogP contribution in [-0.2, 0) is 9.84 Å². The zero-order chi connectivity index (χ0) is 20.6. The van der Waals surface area contributed by atoms with Crippen LogP contribution in [0.5, 0.6) is 11.5 Å². The summed E-state index contributed by atoms with van der Waals surface area (Å²) < 4.78 is 37.7. The van der Waals surface area contributed by atoms with Crippen molar-refractivity contribution in [3.8, 4) is 11.5 Å². The summed E-state index contributed by atoms with van der Waals surface area (Å²) in [7, 11) is 1.53. The van der Waals surface area contributed by atoms with Gasteiger partial charge in [0, 0.05) is 43.3 Å². The van der Waals surface area contributed by atoms with E-state index in [0.29, 0.717) is 16.9 Å². The van der Waals surface area contributed by atoms with Gasteiger partial charge in [-0.3, -0.25) is 0 Å². The normalized spacial score (nSPS) is 15.6. The second kappa shape index (κ2) is 7.61. The zero-order valence-electron chi connectivity index (χ0n) is 16.8. The minimum Gasteiger partial charge on any atom is -0.497 e. The molecule has 0 radical (unpaired) electrons. The van der Waals surface area contributed by atoms with Gasteiger partial charge in [-0.2, -0.15) is 0 Å². The SMILES string of the molecule is COc1ccc2[nH]cc(S(=O)(=O)c3ccc(OC)c(N4CCN(C)CC4)c3)c2c1. The zero-order valence-corrected chi connectivity index (χ0v) is 17.6. The summed E-state index contributed by atoms with van der Waals surface area (Å²) in [5.41, 5.74) is 1.55. The van der Waals surface area contributed by atoms with Crippen LogP contribution in [-0.4, -0.2) is 65.7 Å². The average Bonchev–Trinajstić information content (AvgIpc) is 3.17. The molecule has 0 amide bonds. The van der Waals surface area contributed by atoms with E-state index in [2.05, 4.69) is 21.8 Å². The Hall–Kier alpha value is -2.71. The fraction of sp³-hybridized carbons (Fsp3) is 0.333. The summed E-state index contributed by atoms with van der Waals surface area (Å²) in [6.07, 6.45) is 1.54. The number of ether oxygens (including phenoxy) is 2. The molecule has 1 aliphatic heterocycles. The maximum Gasteiger partial charge on any atom is 0.208 e. The van der Waals surface area contributed by atoms with E-state index in [0.717, 1.165) is 37.4 Å². The molecule has 0 saturated carbocycles. The number of aromatic amines is 1. The molecule has 0 atom stereocenters. The van der Waals surface area contributed by atoms with Crippen LogP contribution in [0.3, 0.4) is 0 Å². The minimum absolute atomic E-state index is 0.237. The van der Waals surface area contributed by atoms with Crippen molar-refractivity contribution in [3.63, 3.8) is 0 Å². The predicted molar refractivity (Wildman–Crippen MR) is 113 cm³/mol. The maximum atomic E-state index is 13.5. The predicted octanol–water partition coefficient (Wildman–Crippen LogP) is 2.77. The number of nitrogens with one attached hydrogen (secondary N) is 1. The summed E-state index contributed by atoms with van der Waals surface area (Å²) in [5.74, 6) is 1.29. The van der Waals surface area contributed by atoms with Gasteiger partial charge in [0.25, 0.3) is 0 Å². The highest BCUT2D eigenvalue weighted by Crippen LogP contribution is 2.36. The lowest BCUT2D eigenvalue weighted by Crippen LogP contribution is -2.44. The maximum absolute atomic E-state index is 13.5. The third-order valence-corrected chi connectivity index (χ3v) is 7.24. The molecule has 0 bridgehead atoms. The van der Waals surface area contributed by atoms with Crippen molar-refractivity contribution in [1.82, 2.24) is 9.88 Å². The molecule has 3 aromatic rings. The van der Waals surface area contributed by atoms with Gasteiger partial charge in [-0.15, -0.1) is 0 Å². The van der Waals surface area contributed by atoms with Crippen molar-refractivity contribution < 1.29 is 17.9 Å². The molecule has 1 aromatic heterocycles. The second-order valence-corrected chi connectivity index (χ2v) is 9.11. The number of sulfone groups is 1. The van der Waals surface area contributed by atoms with Gasteiger partial charge in [0.1, 0.15) is 11.5 Å². The van der Waals surface area contributed by atoms with E-state index in [1.807, 2.05) is 6.07 Å². The largest absolute Gasteiger partial charge is 0.497 e. The third kappa shape index (κ3) is 3.54. The molecule has 1 aliphatic rings. The van der Waals surface area contributed by atoms with E-state index < -0.39 is 9.84 Å². The number of hydrogen-bond acceptors (Lipinski definition) is 6. The lowest BCUT2D eigenvalue weighted by Gasteiger charge is -2.34. The molecule has 2 aromatic carbocycles. The molecule has 154 valence electrons. The molecular formula is C21H25N3O4S. The van der Waals surface area contributed by atoms with Crippen molar-refractivity contribution in [1.29, 1.82) is 0 Å². The molecule has 29 heavy (non-hydrogen) atoms. The third-order valence-electron chi connectivity index (χ3n) is 5.45. The molecule has 2 heterocycles. The van der Waals surface area contributed by atoms with E-state index in [1.54, 1.807) is 50.7 Å². The Morgan fingerprint density at radius 3 is 2.41 bits per heavy atom. The Balaban J connectivity index is 1.79. The second-order valence-electron chi connectivity index (χ2n) is 7.19. The Morgan fingerprint density at radius 1 is 0.966 bits per heavy atom. The van der Waals surface area contributed by atoms with Crippen LogP contribution in [0.1, 0.15) is 0 Å². The van der Waals surface area contributed by atoms with Gasteiger partial charge in [-0.05, 0) is 43.4 Å². The smallest absolute Gasteiger partial charge is 0.208 e. The van der Waals surface area contributed by atoms with Crippen molar-refractivity contribution in [3.05, 3.63) is 42.6 Å². The summed E-state index contributed by atoms with van der Waals surface area (Å²) in [5, 5.41) is 0.612. The number of methoxy groups -OCH3 is 2. The number of nitrogens with zero attached hydrogens (tertiary/aromatic N) is 2. The number of H-pyrrole nitrogens is 1. The van der Waals surface area contributed by atoms with E-state index >= 15 is 0 Å². The molecule has 0 aliphatic carbocycles. The Morgan fingerprint density at radius 2 is 1.72 bits per heavy atom. The number of aromatic nitrogens is 1. The Bertz CT molecular complexity index is 1130. The van der Waals surface area contributed by atoms with Gasteiger partial charge in [0.15, 0.2) is 0 Å². The van der Waals surface area contributed by atoms with Gasteiger partial charge in [-0.1, -0.05) is 0 Å². The number of piperazine rings is 1.